The number of hydrogen-bond acceptors (Lipinski definition) is 3. The van der Waals surface area contributed by atoms with Gasteiger partial charge in [0.2, 0.25) is 5.91 Å². The molecule has 3 aromatic carbocycles. The molecule has 0 aliphatic rings. The quantitative estimate of drug-likeness (QED) is 0.613. The summed E-state index contributed by atoms with van der Waals surface area (Å²) < 4.78 is 27.5. The summed E-state index contributed by atoms with van der Waals surface area (Å²) in [4.78, 5) is 12.8. The zero-order chi connectivity index (χ0) is 21.0. The Balaban J connectivity index is 1.94. The molecule has 0 aromatic heterocycles. The molecule has 0 radical (unpaired) electrons. The van der Waals surface area contributed by atoms with Crippen molar-refractivity contribution in [1.82, 2.24) is 0 Å². The minimum absolute atomic E-state index is 0.0965. The molecule has 150 valence electrons. The minimum Gasteiger partial charge on any atom is -0.324 e. The van der Waals surface area contributed by atoms with Crippen LogP contribution in [0.2, 0.25) is 5.02 Å². The van der Waals surface area contributed by atoms with Crippen LogP contribution >= 0.6 is 11.6 Å². The fourth-order valence-electron chi connectivity index (χ4n) is 3.04. The largest absolute Gasteiger partial charge is 0.324 e. The van der Waals surface area contributed by atoms with Crippen molar-refractivity contribution >= 4 is 38.9 Å². The van der Waals surface area contributed by atoms with Crippen molar-refractivity contribution < 1.29 is 13.2 Å². The number of nitrogens with one attached hydrogen (secondary N) is 1. The normalized spacial score (nSPS) is 11.1. The molecule has 0 atom stereocenters. The number of nitrogens with zero attached hydrogens (tertiary/aromatic N) is 1. The first-order valence-corrected chi connectivity index (χ1v) is 10.8. The lowest BCUT2D eigenvalue weighted by atomic mass is 10.1. The van der Waals surface area contributed by atoms with Crippen LogP contribution in [0.1, 0.15) is 11.1 Å². The van der Waals surface area contributed by atoms with Gasteiger partial charge in [-0.3, -0.25) is 9.10 Å². The first-order chi connectivity index (χ1) is 13.8. The van der Waals surface area contributed by atoms with Gasteiger partial charge in [-0.2, -0.15) is 0 Å². The van der Waals surface area contributed by atoms with E-state index in [2.05, 4.69) is 5.32 Å². The van der Waals surface area contributed by atoms with Gasteiger partial charge < -0.3 is 5.32 Å². The lowest BCUT2D eigenvalue weighted by molar-refractivity contribution is -0.114. The molecule has 1 amide bonds. The SMILES string of the molecule is Cc1cc(C)cc(NC(=O)CN(c2cccc(Cl)c2)S(=O)(=O)c2ccccc2)c1. The average Bonchev–Trinajstić information content (AvgIpc) is 2.66. The van der Waals surface area contributed by atoms with Crippen LogP contribution < -0.4 is 9.62 Å². The molecule has 3 aromatic rings. The van der Waals surface area contributed by atoms with E-state index in [9.17, 15) is 13.2 Å². The van der Waals surface area contributed by atoms with Gasteiger partial charge in [0.05, 0.1) is 10.6 Å². The van der Waals surface area contributed by atoms with E-state index in [0.29, 0.717) is 16.4 Å². The molecule has 0 saturated heterocycles. The predicted octanol–water partition coefficient (Wildman–Crippen LogP) is 4.79. The Morgan fingerprint density at radius 1 is 0.931 bits per heavy atom. The van der Waals surface area contributed by atoms with Crippen LogP contribution in [0.4, 0.5) is 11.4 Å². The summed E-state index contributed by atoms with van der Waals surface area (Å²) in [5, 5.41) is 3.16. The Hall–Kier alpha value is -2.83. The Morgan fingerprint density at radius 3 is 2.21 bits per heavy atom. The van der Waals surface area contributed by atoms with Gasteiger partial charge >= 0.3 is 0 Å². The molecule has 0 aliphatic heterocycles. The van der Waals surface area contributed by atoms with E-state index in [4.69, 9.17) is 11.6 Å². The standard InChI is InChI=1S/C22H21ClN2O3S/c1-16-11-17(2)13-19(12-16)24-22(26)15-25(20-8-6-7-18(23)14-20)29(27,28)21-9-4-3-5-10-21/h3-14H,15H2,1-2H3,(H,24,26). The summed E-state index contributed by atoms with van der Waals surface area (Å²) in [5.41, 5.74) is 2.94. The molecule has 0 spiro atoms. The second-order valence-electron chi connectivity index (χ2n) is 6.73. The van der Waals surface area contributed by atoms with E-state index >= 15 is 0 Å². The summed E-state index contributed by atoms with van der Waals surface area (Å²) in [6.45, 7) is 3.48. The highest BCUT2D eigenvalue weighted by atomic mass is 35.5. The highest BCUT2D eigenvalue weighted by Gasteiger charge is 2.27. The maximum absolute atomic E-state index is 13.2. The van der Waals surface area contributed by atoms with Gasteiger partial charge in [-0.25, -0.2) is 8.42 Å². The van der Waals surface area contributed by atoms with E-state index in [0.717, 1.165) is 15.4 Å². The van der Waals surface area contributed by atoms with Crippen LogP contribution in [0.5, 0.6) is 0 Å². The van der Waals surface area contributed by atoms with Gasteiger partial charge in [-0.05, 0) is 67.4 Å². The zero-order valence-corrected chi connectivity index (χ0v) is 17.7. The van der Waals surface area contributed by atoms with Crippen LogP contribution in [0, 0.1) is 13.8 Å². The summed E-state index contributed by atoms with van der Waals surface area (Å²) in [5.74, 6) is -0.450. The smallest absolute Gasteiger partial charge is 0.264 e. The van der Waals surface area contributed by atoms with Crippen molar-refractivity contribution in [3.05, 3.63) is 88.9 Å². The number of anilines is 2. The summed E-state index contributed by atoms with van der Waals surface area (Å²) in [6, 6.07) is 20.1. The summed E-state index contributed by atoms with van der Waals surface area (Å²) in [6.07, 6.45) is 0. The maximum atomic E-state index is 13.2. The zero-order valence-electron chi connectivity index (χ0n) is 16.1. The maximum Gasteiger partial charge on any atom is 0.264 e. The molecular formula is C22H21ClN2O3S. The Labute approximate surface area is 176 Å². The van der Waals surface area contributed by atoms with Gasteiger partial charge in [0.25, 0.3) is 10.0 Å². The number of amides is 1. The van der Waals surface area contributed by atoms with Crippen LogP contribution in [-0.4, -0.2) is 20.9 Å². The highest BCUT2D eigenvalue weighted by Crippen LogP contribution is 2.26. The molecule has 3 rings (SSSR count). The molecule has 7 heteroatoms. The lowest BCUT2D eigenvalue weighted by Crippen LogP contribution is -2.38. The van der Waals surface area contributed by atoms with Gasteiger partial charge in [-0.1, -0.05) is 41.9 Å². The van der Waals surface area contributed by atoms with Crippen molar-refractivity contribution in [2.45, 2.75) is 18.7 Å². The fraction of sp³-hybridized carbons (Fsp3) is 0.136. The first-order valence-electron chi connectivity index (χ1n) is 8.97. The van der Waals surface area contributed by atoms with E-state index < -0.39 is 15.9 Å². The van der Waals surface area contributed by atoms with Crippen LogP contribution in [0.15, 0.2) is 77.7 Å². The number of aryl methyl sites for hydroxylation is 2. The molecule has 0 fully saturated rings. The third-order valence-corrected chi connectivity index (χ3v) is 6.24. The monoisotopic (exact) mass is 428 g/mol. The Kier molecular flexibility index (Phi) is 6.25. The number of sulfonamides is 1. The molecule has 0 unspecified atom stereocenters. The summed E-state index contributed by atoms with van der Waals surface area (Å²) in [7, 11) is -3.96. The average molecular weight is 429 g/mol. The van der Waals surface area contributed by atoms with Gasteiger partial charge in [0, 0.05) is 10.7 Å². The van der Waals surface area contributed by atoms with E-state index in [-0.39, 0.29) is 11.4 Å². The molecule has 0 bridgehead atoms. The minimum atomic E-state index is -3.96. The highest BCUT2D eigenvalue weighted by molar-refractivity contribution is 7.92. The van der Waals surface area contributed by atoms with E-state index in [1.807, 2.05) is 32.0 Å². The molecular weight excluding hydrogens is 408 g/mol. The van der Waals surface area contributed by atoms with Crippen molar-refractivity contribution in [3.63, 3.8) is 0 Å². The number of carbonyl (C=O) groups is 1. The number of hydrogen-bond donors (Lipinski definition) is 1. The number of benzene rings is 3. The van der Waals surface area contributed by atoms with Gasteiger partial charge in [-0.15, -0.1) is 0 Å². The Bertz CT molecular complexity index is 1110. The topological polar surface area (TPSA) is 66.5 Å². The third-order valence-electron chi connectivity index (χ3n) is 4.22. The van der Waals surface area contributed by atoms with Gasteiger partial charge in [0.15, 0.2) is 0 Å². The molecule has 0 saturated carbocycles. The predicted molar refractivity (Wildman–Crippen MR) is 117 cm³/mol. The van der Waals surface area contributed by atoms with Crippen LogP contribution in [0.25, 0.3) is 0 Å². The number of rotatable bonds is 6. The van der Waals surface area contributed by atoms with Crippen LogP contribution in [0.3, 0.4) is 0 Å². The second-order valence-corrected chi connectivity index (χ2v) is 9.03. The molecule has 0 aliphatic carbocycles. The first kappa shape index (κ1) is 20.9. The van der Waals surface area contributed by atoms with Crippen molar-refractivity contribution in [2.24, 2.45) is 0 Å². The van der Waals surface area contributed by atoms with Crippen LogP contribution in [-0.2, 0) is 14.8 Å². The van der Waals surface area contributed by atoms with E-state index in [1.54, 1.807) is 36.4 Å². The van der Waals surface area contributed by atoms with Crippen molar-refractivity contribution in [3.8, 4) is 0 Å². The van der Waals surface area contributed by atoms with Crippen molar-refractivity contribution in [1.29, 1.82) is 0 Å². The number of halogens is 1. The summed E-state index contributed by atoms with van der Waals surface area (Å²) >= 11 is 6.06. The second kappa shape index (κ2) is 8.68. The Morgan fingerprint density at radius 2 is 1.59 bits per heavy atom. The van der Waals surface area contributed by atoms with Gasteiger partial charge in [0.1, 0.15) is 6.54 Å². The molecule has 0 heterocycles. The third kappa shape index (κ3) is 5.16. The number of carbonyl (C=O) groups excluding carboxylic acids is 1. The van der Waals surface area contributed by atoms with E-state index in [1.165, 1.54) is 18.2 Å². The lowest BCUT2D eigenvalue weighted by Gasteiger charge is -2.24. The molecule has 5 nitrogen and oxygen atoms in total. The molecule has 1 N–H and O–H groups in total. The molecule has 29 heavy (non-hydrogen) atoms. The van der Waals surface area contributed by atoms with Crippen molar-refractivity contribution in [2.75, 3.05) is 16.2 Å². The fourth-order valence-corrected chi connectivity index (χ4v) is 4.66.